The molecule has 2 aliphatic rings. The van der Waals surface area contributed by atoms with Crippen molar-refractivity contribution in [1.82, 2.24) is 0 Å². The first-order valence-electron chi connectivity index (χ1n) is 18.8. The molecule has 0 fully saturated rings. The molecule has 4 aromatic rings. The normalized spacial score (nSPS) is 14.6. The van der Waals surface area contributed by atoms with Crippen molar-refractivity contribution in [2.45, 2.75) is 132 Å². The van der Waals surface area contributed by atoms with Crippen LogP contribution in [0.25, 0.3) is 17.2 Å². The molecule has 0 radical (unpaired) electrons. The average Bonchev–Trinajstić information content (AvgIpc) is 3.59. The van der Waals surface area contributed by atoms with E-state index in [1.807, 2.05) is 0 Å². The molecule has 0 saturated carbocycles. The molecule has 0 aliphatic heterocycles. The van der Waals surface area contributed by atoms with Crippen molar-refractivity contribution in [2.75, 3.05) is 0 Å². The molecule has 0 unspecified atom stereocenters. The van der Waals surface area contributed by atoms with Gasteiger partial charge in [-0.15, -0.1) is 0 Å². The first-order chi connectivity index (χ1) is 23.1. The van der Waals surface area contributed by atoms with E-state index >= 15 is 0 Å². The van der Waals surface area contributed by atoms with Gasteiger partial charge >= 0.3 is 0 Å². The highest BCUT2D eigenvalue weighted by molar-refractivity contribution is 5.88. The highest BCUT2D eigenvalue weighted by Crippen LogP contribution is 2.44. The average molecular weight is 661 g/mol. The summed E-state index contributed by atoms with van der Waals surface area (Å²) in [6.07, 6.45) is 8.24. The van der Waals surface area contributed by atoms with Crippen molar-refractivity contribution in [3.8, 4) is 0 Å². The monoisotopic (exact) mass is 660 g/mol. The molecule has 0 amide bonds. The number of rotatable bonds is 3. The lowest BCUT2D eigenvalue weighted by Crippen LogP contribution is -2.34. The van der Waals surface area contributed by atoms with E-state index in [0.29, 0.717) is 0 Å². The number of aryl methyl sites for hydroxylation is 2. The van der Waals surface area contributed by atoms with Gasteiger partial charge in [-0.2, -0.15) is 0 Å². The van der Waals surface area contributed by atoms with Gasteiger partial charge in [-0.1, -0.05) is 161 Å². The highest BCUT2D eigenvalue weighted by atomic mass is 14.4. The Labute approximate surface area is 303 Å². The molecular weight excluding hydrogens is 601 g/mol. The lowest BCUT2D eigenvalue weighted by molar-refractivity contribution is 0.524. The lowest BCUT2D eigenvalue weighted by atomic mass is 9.68. The van der Waals surface area contributed by atoms with E-state index in [1.54, 1.807) is 0 Å². The molecule has 2 aliphatic carbocycles. The Morgan fingerprint density at radius 3 is 1.46 bits per heavy atom. The summed E-state index contributed by atoms with van der Waals surface area (Å²) in [5.74, 6) is 0. The largest absolute Gasteiger partial charge is 0.0798 e. The summed E-state index contributed by atoms with van der Waals surface area (Å²) < 4.78 is 0. The maximum Gasteiger partial charge on any atom is -0.00167 e. The maximum atomic E-state index is 2.59. The van der Waals surface area contributed by atoms with Crippen LogP contribution in [0.3, 0.4) is 0 Å². The van der Waals surface area contributed by atoms with Gasteiger partial charge in [0.2, 0.25) is 0 Å². The van der Waals surface area contributed by atoms with Crippen LogP contribution in [0.2, 0.25) is 0 Å². The Morgan fingerprint density at radius 1 is 0.560 bits per heavy atom. The van der Waals surface area contributed by atoms with Crippen LogP contribution in [-0.2, 0) is 21.7 Å². The van der Waals surface area contributed by atoms with E-state index in [1.165, 1.54) is 93.2 Å². The Balaban J connectivity index is 2.09. The quantitative estimate of drug-likeness (QED) is 0.181. The molecule has 0 nitrogen and oxygen atoms in total. The van der Waals surface area contributed by atoms with Gasteiger partial charge in [0.05, 0.1) is 0 Å². The fourth-order valence-electron chi connectivity index (χ4n) is 8.42. The third-order valence-electron chi connectivity index (χ3n) is 10.8. The lowest BCUT2D eigenvalue weighted by Gasteiger charge is -2.35. The van der Waals surface area contributed by atoms with Crippen molar-refractivity contribution >= 4 is 17.2 Å². The number of hydrogen-bond donors (Lipinski definition) is 0. The number of fused-ring (bicyclic) bond motifs is 2. The van der Waals surface area contributed by atoms with Gasteiger partial charge in [0, 0.05) is 0 Å². The second-order valence-corrected chi connectivity index (χ2v) is 19.3. The third kappa shape index (κ3) is 6.29. The molecule has 6 rings (SSSR count). The van der Waals surface area contributed by atoms with Crippen LogP contribution in [-0.4, -0.2) is 0 Å². The smallest absolute Gasteiger partial charge is 0.00167 e. The summed E-state index contributed by atoms with van der Waals surface area (Å²) in [5.41, 5.74) is 17.8. The van der Waals surface area contributed by atoms with Crippen LogP contribution in [0.1, 0.15) is 152 Å². The standard InChI is InChI=1S/C50H60/c1-30-19-23-33(24-20-30)41(34-25-21-31(2)22-26-34)44-42-37-29-40(48(7,8)9)39(47(4,5)6)28-35(37)27-38(42)43(36-18-16-17-32(36)3)45(49(10,11)12)46(44)50(13,14)15/h16-17,19-29H,18H2,1-15H3. The molecule has 0 bridgehead atoms. The minimum atomic E-state index is -0.135. The molecule has 0 spiro atoms. The molecule has 0 N–H and O–H groups in total. The zero-order valence-electron chi connectivity index (χ0n) is 33.7. The van der Waals surface area contributed by atoms with E-state index in [4.69, 9.17) is 0 Å². The molecule has 0 saturated heterocycles. The van der Waals surface area contributed by atoms with Crippen molar-refractivity contribution in [1.29, 1.82) is 0 Å². The maximum absolute atomic E-state index is 2.59. The topological polar surface area (TPSA) is 0 Å². The molecular formula is C50H60. The van der Waals surface area contributed by atoms with Crippen LogP contribution < -0.4 is 10.4 Å². The van der Waals surface area contributed by atoms with Crippen molar-refractivity contribution in [3.63, 3.8) is 0 Å². The molecule has 0 heteroatoms. The van der Waals surface area contributed by atoms with E-state index in [0.717, 1.165) is 6.42 Å². The predicted molar refractivity (Wildman–Crippen MR) is 218 cm³/mol. The molecule has 260 valence electrons. The van der Waals surface area contributed by atoms with Gasteiger partial charge < -0.3 is 0 Å². The third-order valence-corrected chi connectivity index (χ3v) is 10.8. The summed E-state index contributed by atoms with van der Waals surface area (Å²) >= 11 is 0. The Morgan fingerprint density at radius 2 is 1.04 bits per heavy atom. The minimum absolute atomic E-state index is 0.00343. The number of benzene rings is 4. The predicted octanol–water partition coefficient (Wildman–Crippen LogP) is 11.9. The zero-order chi connectivity index (χ0) is 36.7. The molecule has 4 aromatic carbocycles. The van der Waals surface area contributed by atoms with Gasteiger partial charge in [0.25, 0.3) is 0 Å². The van der Waals surface area contributed by atoms with Gasteiger partial charge in [0.15, 0.2) is 0 Å². The van der Waals surface area contributed by atoms with Crippen LogP contribution in [0.4, 0.5) is 0 Å². The summed E-state index contributed by atoms with van der Waals surface area (Å²) in [4.78, 5) is 0. The van der Waals surface area contributed by atoms with Crippen molar-refractivity contribution < 1.29 is 0 Å². The Bertz CT molecular complexity index is 2240. The number of hydrogen-bond acceptors (Lipinski definition) is 0. The van der Waals surface area contributed by atoms with Gasteiger partial charge in [-0.25, -0.2) is 0 Å². The number of allylic oxidation sites excluding steroid dienone is 4. The zero-order valence-corrected chi connectivity index (χ0v) is 33.7. The van der Waals surface area contributed by atoms with Crippen LogP contribution >= 0.6 is 0 Å². The van der Waals surface area contributed by atoms with E-state index < -0.39 is 0 Å². The Kier molecular flexibility index (Phi) is 8.70. The molecule has 0 heterocycles. The first-order valence-corrected chi connectivity index (χ1v) is 18.8. The van der Waals surface area contributed by atoms with Gasteiger partial charge in [-0.05, 0) is 143 Å². The molecule has 0 atom stereocenters. The van der Waals surface area contributed by atoms with E-state index in [-0.39, 0.29) is 21.7 Å². The van der Waals surface area contributed by atoms with Crippen molar-refractivity contribution in [2.24, 2.45) is 0 Å². The van der Waals surface area contributed by atoms with Crippen LogP contribution in [0, 0.1) is 24.3 Å². The molecule has 50 heavy (non-hydrogen) atoms. The van der Waals surface area contributed by atoms with Gasteiger partial charge in [0.1, 0.15) is 0 Å². The van der Waals surface area contributed by atoms with Crippen LogP contribution in [0.5, 0.6) is 0 Å². The fourth-order valence-corrected chi connectivity index (χ4v) is 8.42. The summed E-state index contributed by atoms with van der Waals surface area (Å²) in [5, 5.41) is 5.53. The Hall–Kier alpha value is -3.90. The summed E-state index contributed by atoms with van der Waals surface area (Å²) in [7, 11) is 0. The second kappa shape index (κ2) is 12.1. The minimum Gasteiger partial charge on any atom is -0.0798 e. The summed E-state index contributed by atoms with van der Waals surface area (Å²) in [6.45, 7) is 35.6. The molecule has 0 aromatic heterocycles. The second-order valence-electron chi connectivity index (χ2n) is 19.3. The summed E-state index contributed by atoms with van der Waals surface area (Å²) in [6, 6.07) is 23.7. The van der Waals surface area contributed by atoms with E-state index in [9.17, 15) is 0 Å². The first kappa shape index (κ1) is 35.9. The van der Waals surface area contributed by atoms with E-state index in [2.05, 4.69) is 183 Å². The fraction of sp³-hybridized carbons (Fsp3) is 0.400. The SMILES string of the molecule is CC1=C(c2c(C(C)(C)C)c(C(C)(C)C)c(=C(c3ccc(C)cc3)c3ccc(C)cc3)c3c2C=c2cc(C(C)(C)C)c(C(C)(C)C)cc2=3)CC=C1. The highest BCUT2D eigenvalue weighted by Gasteiger charge is 2.35. The van der Waals surface area contributed by atoms with Gasteiger partial charge in [-0.3, -0.25) is 0 Å². The van der Waals surface area contributed by atoms with Crippen LogP contribution in [0.15, 0.2) is 78.4 Å². The van der Waals surface area contributed by atoms with Crippen molar-refractivity contribution in [3.05, 3.63) is 155 Å².